The van der Waals surface area contributed by atoms with Crippen LogP contribution in [0.15, 0.2) is 78.9 Å². The third-order valence-corrected chi connectivity index (χ3v) is 5.64. The Kier molecular flexibility index (Phi) is 7.07. The zero-order valence-corrected chi connectivity index (χ0v) is 17.6. The number of likely N-dealkylation sites (tertiary alicyclic amines) is 1. The number of rotatable bonds is 8. The van der Waals surface area contributed by atoms with E-state index in [0.29, 0.717) is 12.2 Å². The lowest BCUT2D eigenvalue weighted by Crippen LogP contribution is -2.32. The number of carbonyl (C=O) groups is 1. The van der Waals surface area contributed by atoms with Crippen LogP contribution in [0.2, 0.25) is 0 Å². The molecule has 1 aliphatic heterocycles. The van der Waals surface area contributed by atoms with Crippen LogP contribution in [0, 0.1) is 5.82 Å². The Bertz CT molecular complexity index is 968. The largest absolute Gasteiger partial charge is 0.324 e. The summed E-state index contributed by atoms with van der Waals surface area (Å²) in [6.07, 6.45) is 2.59. The summed E-state index contributed by atoms with van der Waals surface area (Å²) in [4.78, 5) is 15.5. The first-order valence-corrected chi connectivity index (χ1v) is 10.8. The topological polar surface area (TPSA) is 44.4 Å². The van der Waals surface area contributed by atoms with Crippen LogP contribution < -0.4 is 10.6 Å². The van der Waals surface area contributed by atoms with E-state index >= 15 is 0 Å². The molecule has 0 spiro atoms. The van der Waals surface area contributed by atoms with Gasteiger partial charge in [0.25, 0.3) is 0 Å². The molecule has 31 heavy (non-hydrogen) atoms. The number of amides is 1. The van der Waals surface area contributed by atoms with Crippen LogP contribution in [-0.4, -0.2) is 23.9 Å². The van der Waals surface area contributed by atoms with Crippen molar-refractivity contribution in [2.24, 2.45) is 0 Å². The fourth-order valence-corrected chi connectivity index (χ4v) is 3.94. The molecule has 1 aliphatic rings. The molecule has 1 saturated heterocycles. The molecule has 0 bridgehead atoms. The molecule has 1 atom stereocenters. The molecule has 1 heterocycles. The van der Waals surface area contributed by atoms with Crippen molar-refractivity contribution in [1.82, 2.24) is 10.2 Å². The Morgan fingerprint density at radius 1 is 0.871 bits per heavy atom. The van der Waals surface area contributed by atoms with Crippen LogP contribution in [0.25, 0.3) is 0 Å². The van der Waals surface area contributed by atoms with Gasteiger partial charge in [-0.25, -0.2) is 4.39 Å². The van der Waals surface area contributed by atoms with Crippen LogP contribution >= 0.6 is 0 Å². The quantitative estimate of drug-likeness (QED) is 0.548. The SMILES string of the molecule is O=C(Nc1ccc(F)cc1)[C@H](NCc1ccc(CN2CCCC2)cc1)c1ccccc1. The van der Waals surface area contributed by atoms with Crippen LogP contribution in [0.4, 0.5) is 10.1 Å². The minimum absolute atomic E-state index is 0.177. The molecule has 1 amide bonds. The average molecular weight is 418 g/mol. The van der Waals surface area contributed by atoms with Gasteiger partial charge in [0.1, 0.15) is 11.9 Å². The van der Waals surface area contributed by atoms with Crippen molar-refractivity contribution in [2.45, 2.75) is 32.0 Å². The first-order chi connectivity index (χ1) is 15.2. The van der Waals surface area contributed by atoms with Gasteiger partial charge in [0, 0.05) is 18.8 Å². The summed E-state index contributed by atoms with van der Waals surface area (Å²) in [7, 11) is 0. The second-order valence-corrected chi connectivity index (χ2v) is 8.02. The Morgan fingerprint density at radius 3 is 2.19 bits per heavy atom. The van der Waals surface area contributed by atoms with E-state index in [0.717, 1.165) is 17.7 Å². The van der Waals surface area contributed by atoms with Gasteiger partial charge < -0.3 is 5.32 Å². The molecule has 0 aromatic heterocycles. The third-order valence-electron chi connectivity index (χ3n) is 5.64. The summed E-state index contributed by atoms with van der Waals surface area (Å²) >= 11 is 0. The van der Waals surface area contributed by atoms with E-state index < -0.39 is 6.04 Å². The Labute approximate surface area is 183 Å². The average Bonchev–Trinajstić information content (AvgIpc) is 3.30. The Balaban J connectivity index is 1.41. The normalized spacial score (nSPS) is 15.0. The molecule has 5 heteroatoms. The lowest BCUT2D eigenvalue weighted by molar-refractivity contribution is -0.118. The first-order valence-electron chi connectivity index (χ1n) is 10.8. The van der Waals surface area contributed by atoms with E-state index in [4.69, 9.17) is 0 Å². The van der Waals surface area contributed by atoms with Gasteiger partial charge in [0.05, 0.1) is 0 Å². The van der Waals surface area contributed by atoms with Crippen molar-refractivity contribution in [3.63, 3.8) is 0 Å². The van der Waals surface area contributed by atoms with E-state index in [1.807, 2.05) is 30.3 Å². The number of halogens is 1. The first kappa shape index (κ1) is 21.2. The summed E-state index contributed by atoms with van der Waals surface area (Å²) in [5.74, 6) is -0.507. The number of anilines is 1. The van der Waals surface area contributed by atoms with Gasteiger partial charge in [-0.05, 0) is 66.9 Å². The molecular formula is C26H28FN3O. The predicted octanol–water partition coefficient (Wildman–Crippen LogP) is 4.89. The number of nitrogens with zero attached hydrogens (tertiary/aromatic N) is 1. The minimum atomic E-state index is -0.518. The van der Waals surface area contributed by atoms with E-state index in [-0.39, 0.29) is 11.7 Å². The number of carbonyl (C=O) groups excluding carboxylic acids is 1. The molecule has 160 valence electrons. The maximum atomic E-state index is 13.2. The van der Waals surface area contributed by atoms with Crippen LogP contribution in [0.3, 0.4) is 0 Å². The highest BCUT2D eigenvalue weighted by atomic mass is 19.1. The lowest BCUT2D eigenvalue weighted by atomic mass is 10.0. The zero-order valence-electron chi connectivity index (χ0n) is 17.6. The molecule has 3 aromatic carbocycles. The van der Waals surface area contributed by atoms with E-state index in [1.54, 1.807) is 12.1 Å². The number of benzene rings is 3. The monoisotopic (exact) mass is 417 g/mol. The van der Waals surface area contributed by atoms with Crippen LogP contribution in [0.1, 0.15) is 35.6 Å². The van der Waals surface area contributed by atoms with Gasteiger partial charge in [-0.15, -0.1) is 0 Å². The van der Waals surface area contributed by atoms with Crippen molar-refractivity contribution in [1.29, 1.82) is 0 Å². The summed E-state index contributed by atoms with van der Waals surface area (Å²) in [5, 5.41) is 6.26. The van der Waals surface area contributed by atoms with Gasteiger partial charge in [-0.3, -0.25) is 15.0 Å². The third kappa shape index (κ3) is 6.00. The zero-order chi connectivity index (χ0) is 21.5. The van der Waals surface area contributed by atoms with Gasteiger partial charge >= 0.3 is 0 Å². The summed E-state index contributed by atoms with van der Waals surface area (Å²) < 4.78 is 13.2. The van der Waals surface area contributed by atoms with Gasteiger partial charge in [0.15, 0.2) is 0 Å². The molecule has 0 radical (unpaired) electrons. The highest BCUT2D eigenvalue weighted by Gasteiger charge is 2.20. The maximum absolute atomic E-state index is 13.2. The van der Waals surface area contributed by atoms with E-state index in [2.05, 4.69) is 39.8 Å². The summed E-state index contributed by atoms with van der Waals surface area (Å²) in [5.41, 5.74) is 3.90. The summed E-state index contributed by atoms with van der Waals surface area (Å²) in [6.45, 7) is 3.94. The standard InChI is InChI=1S/C26H28FN3O/c27-23-12-14-24(15-13-23)29-26(31)25(22-6-2-1-3-7-22)28-18-20-8-10-21(11-9-20)19-30-16-4-5-17-30/h1-3,6-15,25,28H,4-5,16-19H2,(H,29,31)/t25-/m1/s1. The second-order valence-electron chi connectivity index (χ2n) is 8.02. The molecule has 4 rings (SSSR count). The molecule has 0 aliphatic carbocycles. The molecule has 2 N–H and O–H groups in total. The number of hydrogen-bond acceptors (Lipinski definition) is 3. The smallest absolute Gasteiger partial charge is 0.246 e. The van der Waals surface area contributed by atoms with Gasteiger partial charge in [-0.1, -0.05) is 54.6 Å². The Hall–Kier alpha value is -3.02. The predicted molar refractivity (Wildman–Crippen MR) is 122 cm³/mol. The van der Waals surface area contributed by atoms with Crippen LogP contribution in [0.5, 0.6) is 0 Å². The van der Waals surface area contributed by atoms with Gasteiger partial charge in [0.2, 0.25) is 5.91 Å². The van der Waals surface area contributed by atoms with Crippen LogP contribution in [-0.2, 0) is 17.9 Å². The highest BCUT2D eigenvalue weighted by molar-refractivity contribution is 5.95. The lowest BCUT2D eigenvalue weighted by Gasteiger charge is -2.19. The minimum Gasteiger partial charge on any atom is -0.324 e. The fraction of sp³-hybridized carbons (Fsp3) is 0.269. The molecule has 3 aromatic rings. The highest BCUT2D eigenvalue weighted by Crippen LogP contribution is 2.18. The van der Waals surface area contributed by atoms with Crippen molar-refractivity contribution >= 4 is 11.6 Å². The van der Waals surface area contributed by atoms with E-state index in [1.165, 1.54) is 43.6 Å². The second kappa shape index (κ2) is 10.3. The molecule has 0 unspecified atom stereocenters. The molecule has 4 nitrogen and oxygen atoms in total. The molecule has 1 fully saturated rings. The molecule has 0 saturated carbocycles. The summed E-state index contributed by atoms with van der Waals surface area (Å²) in [6, 6.07) is 23.5. The molecular weight excluding hydrogens is 389 g/mol. The van der Waals surface area contributed by atoms with Gasteiger partial charge in [-0.2, -0.15) is 0 Å². The maximum Gasteiger partial charge on any atom is 0.246 e. The van der Waals surface area contributed by atoms with Crippen molar-refractivity contribution in [2.75, 3.05) is 18.4 Å². The fourth-order valence-electron chi connectivity index (χ4n) is 3.94. The van der Waals surface area contributed by atoms with E-state index in [9.17, 15) is 9.18 Å². The van der Waals surface area contributed by atoms with Crippen molar-refractivity contribution in [3.8, 4) is 0 Å². The number of hydrogen-bond donors (Lipinski definition) is 2. The van der Waals surface area contributed by atoms with Crippen molar-refractivity contribution < 1.29 is 9.18 Å². The number of nitrogens with one attached hydrogen (secondary N) is 2. The van der Waals surface area contributed by atoms with Crippen molar-refractivity contribution in [3.05, 3.63) is 101 Å². The Morgan fingerprint density at radius 2 is 1.52 bits per heavy atom.